The van der Waals surface area contributed by atoms with E-state index in [0.717, 1.165) is 31.4 Å². The lowest BCUT2D eigenvalue weighted by atomic mass is 9.77. The molecule has 1 aromatic carbocycles. The second-order valence-electron chi connectivity index (χ2n) is 10.7. The van der Waals surface area contributed by atoms with Crippen molar-refractivity contribution in [3.05, 3.63) is 69.7 Å². The van der Waals surface area contributed by atoms with Gasteiger partial charge >= 0.3 is 0 Å². The molecule has 0 unspecified atom stereocenters. The highest BCUT2D eigenvalue weighted by molar-refractivity contribution is 5.77. The molecule has 10 heteroatoms. The van der Waals surface area contributed by atoms with Gasteiger partial charge in [-0.1, -0.05) is 19.9 Å². The number of aromatic nitrogens is 5. The lowest BCUT2D eigenvalue weighted by Gasteiger charge is -2.36. The van der Waals surface area contributed by atoms with Crippen LogP contribution in [0.3, 0.4) is 0 Å². The van der Waals surface area contributed by atoms with Crippen LogP contribution in [0.2, 0.25) is 0 Å². The van der Waals surface area contributed by atoms with Crippen LogP contribution in [0.25, 0.3) is 16.7 Å². The van der Waals surface area contributed by atoms with Crippen LogP contribution in [0, 0.1) is 5.82 Å². The largest absolute Gasteiger partial charge is 0.384 e. The van der Waals surface area contributed by atoms with Gasteiger partial charge in [0, 0.05) is 36.9 Å². The van der Waals surface area contributed by atoms with E-state index < -0.39 is 11.4 Å². The molecule has 37 heavy (non-hydrogen) atoms. The molecule has 0 radical (unpaired) electrons. The van der Waals surface area contributed by atoms with Crippen molar-refractivity contribution < 1.29 is 9.50 Å². The van der Waals surface area contributed by atoms with E-state index in [0.29, 0.717) is 31.0 Å². The van der Waals surface area contributed by atoms with Crippen molar-refractivity contribution in [2.24, 2.45) is 0 Å². The Bertz CT molecular complexity index is 1590. The van der Waals surface area contributed by atoms with Crippen LogP contribution in [0.5, 0.6) is 0 Å². The number of fused-ring (bicyclic) bond motifs is 2. The molecule has 2 aliphatic rings. The lowest BCUT2D eigenvalue weighted by Crippen LogP contribution is -2.38. The van der Waals surface area contributed by atoms with Crippen LogP contribution < -0.4 is 16.2 Å². The van der Waals surface area contributed by atoms with Crippen molar-refractivity contribution in [3.63, 3.8) is 0 Å². The summed E-state index contributed by atoms with van der Waals surface area (Å²) in [6.07, 6.45) is 4.59. The first-order valence-corrected chi connectivity index (χ1v) is 12.7. The molecule has 0 spiro atoms. The number of nitrogens with one attached hydrogen (secondary N) is 2. The zero-order chi connectivity index (χ0) is 25.9. The van der Waals surface area contributed by atoms with Gasteiger partial charge in [-0.15, -0.1) is 0 Å². The first-order valence-electron chi connectivity index (χ1n) is 12.7. The topological polar surface area (TPSA) is 110 Å². The molecule has 3 N–H and O–H groups in total. The zero-order valence-corrected chi connectivity index (χ0v) is 21.2. The maximum Gasteiger partial charge on any atom is 0.278 e. The van der Waals surface area contributed by atoms with Crippen LogP contribution in [-0.4, -0.2) is 36.0 Å². The van der Waals surface area contributed by atoms with Gasteiger partial charge < -0.3 is 15.7 Å². The van der Waals surface area contributed by atoms with Crippen molar-refractivity contribution in [1.82, 2.24) is 29.6 Å². The Balaban J connectivity index is 1.44. The van der Waals surface area contributed by atoms with Crippen LogP contribution in [0.4, 0.5) is 16.0 Å². The Hall–Kier alpha value is -3.63. The third-order valence-electron chi connectivity index (χ3n) is 7.67. The molecule has 0 atom stereocenters. The van der Waals surface area contributed by atoms with Gasteiger partial charge in [0.05, 0.1) is 11.9 Å². The molecule has 4 heterocycles. The molecular formula is C27H30FN7O2. The number of rotatable bonds is 5. The minimum atomic E-state index is -1.07. The maximum atomic E-state index is 15.1. The molecular weight excluding hydrogens is 473 g/mol. The fraction of sp³-hybridized carbons (Fsp3) is 0.407. The van der Waals surface area contributed by atoms with Crippen molar-refractivity contribution in [1.29, 1.82) is 0 Å². The van der Waals surface area contributed by atoms with Crippen LogP contribution in [0.15, 0.2) is 41.5 Å². The Morgan fingerprint density at radius 3 is 2.73 bits per heavy atom. The van der Waals surface area contributed by atoms with Gasteiger partial charge in [-0.25, -0.2) is 18.7 Å². The quantitative estimate of drug-likeness (QED) is 0.382. The van der Waals surface area contributed by atoms with Crippen molar-refractivity contribution in [2.45, 2.75) is 64.1 Å². The summed E-state index contributed by atoms with van der Waals surface area (Å²) < 4.78 is 18.0. The standard InChI is InChI=1S/C27H30FN7O2/c1-4-34-24(36)18-13-31-25(32-17-6-7-19-16(10-17)12-29-15-26(19,2)3)33-23(18)35(34)21-11-22(30-14-20(21)28)27(37)8-5-9-27/h6-7,10-11,13-14,29,37H,4-5,8-9,12,15H2,1-3H3,(H,31,32,33). The highest BCUT2D eigenvalue weighted by atomic mass is 19.1. The summed E-state index contributed by atoms with van der Waals surface area (Å²) >= 11 is 0. The average molecular weight is 504 g/mol. The van der Waals surface area contributed by atoms with E-state index in [1.165, 1.54) is 32.8 Å². The van der Waals surface area contributed by atoms with E-state index in [9.17, 15) is 9.90 Å². The summed E-state index contributed by atoms with van der Waals surface area (Å²) in [5.74, 6) is -0.312. The summed E-state index contributed by atoms with van der Waals surface area (Å²) in [6.45, 7) is 8.24. The number of halogens is 1. The van der Waals surface area contributed by atoms with Gasteiger partial charge in [-0.3, -0.25) is 9.78 Å². The van der Waals surface area contributed by atoms with Crippen molar-refractivity contribution in [2.75, 3.05) is 11.9 Å². The minimum Gasteiger partial charge on any atom is -0.384 e. The Kier molecular flexibility index (Phi) is 5.43. The summed E-state index contributed by atoms with van der Waals surface area (Å²) in [6, 6.07) is 7.72. The SMILES string of the molecule is CCn1c(=O)c2cnc(Nc3ccc4c(c3)CNCC4(C)C)nc2n1-c1cc(C2(O)CCC2)ncc1F. The first-order chi connectivity index (χ1) is 17.7. The number of hydrogen-bond donors (Lipinski definition) is 3. The average Bonchev–Trinajstić information content (AvgIpc) is 3.13. The smallest absolute Gasteiger partial charge is 0.278 e. The number of benzene rings is 1. The summed E-state index contributed by atoms with van der Waals surface area (Å²) in [5.41, 5.74) is 2.78. The molecule has 4 aromatic rings. The minimum absolute atomic E-state index is 0.0424. The van der Waals surface area contributed by atoms with Gasteiger partial charge in [0.25, 0.3) is 5.56 Å². The van der Waals surface area contributed by atoms with E-state index >= 15 is 4.39 Å². The molecule has 1 aliphatic carbocycles. The Morgan fingerprint density at radius 2 is 2.00 bits per heavy atom. The molecule has 192 valence electrons. The molecule has 1 fully saturated rings. The molecule has 0 bridgehead atoms. The van der Waals surface area contributed by atoms with Crippen molar-refractivity contribution in [3.8, 4) is 5.69 Å². The third-order valence-corrected chi connectivity index (χ3v) is 7.67. The number of anilines is 2. The van der Waals surface area contributed by atoms with Gasteiger partial charge in [0.15, 0.2) is 11.5 Å². The monoisotopic (exact) mass is 503 g/mol. The molecule has 1 aliphatic heterocycles. The summed E-state index contributed by atoms with van der Waals surface area (Å²) in [7, 11) is 0. The lowest BCUT2D eigenvalue weighted by molar-refractivity contribution is -0.0427. The van der Waals surface area contributed by atoms with E-state index in [-0.39, 0.29) is 27.7 Å². The first kappa shape index (κ1) is 23.7. The zero-order valence-electron chi connectivity index (χ0n) is 21.2. The molecule has 6 rings (SSSR count). The number of aliphatic hydroxyl groups is 1. The third kappa shape index (κ3) is 3.82. The second kappa shape index (κ2) is 8.46. The molecule has 9 nitrogen and oxygen atoms in total. The molecule has 0 amide bonds. The predicted octanol–water partition coefficient (Wildman–Crippen LogP) is 3.63. The van der Waals surface area contributed by atoms with Gasteiger partial charge in [0.1, 0.15) is 16.7 Å². The Labute approximate surface area is 213 Å². The number of hydrogen-bond acceptors (Lipinski definition) is 7. The normalized spacial score (nSPS) is 17.9. The fourth-order valence-corrected chi connectivity index (χ4v) is 5.44. The summed E-state index contributed by atoms with van der Waals surface area (Å²) in [4.78, 5) is 26.3. The van der Waals surface area contributed by atoms with E-state index in [1.54, 1.807) is 0 Å². The highest BCUT2D eigenvalue weighted by Crippen LogP contribution is 2.40. The van der Waals surface area contributed by atoms with Gasteiger partial charge in [-0.2, -0.15) is 4.98 Å². The second-order valence-corrected chi connectivity index (χ2v) is 10.7. The number of pyridine rings is 1. The number of nitrogens with zero attached hydrogens (tertiary/aromatic N) is 5. The highest BCUT2D eigenvalue weighted by Gasteiger charge is 2.38. The summed E-state index contributed by atoms with van der Waals surface area (Å²) in [5, 5.41) is 17.8. The maximum absolute atomic E-state index is 15.1. The predicted molar refractivity (Wildman–Crippen MR) is 139 cm³/mol. The van der Waals surface area contributed by atoms with Crippen molar-refractivity contribution >= 4 is 22.7 Å². The van der Waals surface area contributed by atoms with E-state index in [1.807, 2.05) is 13.0 Å². The van der Waals surface area contributed by atoms with Crippen LogP contribution in [0.1, 0.15) is 56.9 Å². The Morgan fingerprint density at radius 1 is 1.19 bits per heavy atom. The molecule has 3 aromatic heterocycles. The molecule has 0 saturated heterocycles. The van der Waals surface area contributed by atoms with E-state index in [2.05, 4.69) is 51.6 Å². The molecule has 1 saturated carbocycles. The van der Waals surface area contributed by atoms with E-state index in [4.69, 9.17) is 0 Å². The van der Waals surface area contributed by atoms with Gasteiger partial charge in [0.2, 0.25) is 5.95 Å². The fourth-order valence-electron chi connectivity index (χ4n) is 5.44. The van der Waals surface area contributed by atoms with Crippen LogP contribution >= 0.6 is 0 Å². The van der Waals surface area contributed by atoms with Crippen LogP contribution in [-0.2, 0) is 24.1 Å². The van der Waals surface area contributed by atoms with Gasteiger partial charge in [-0.05, 0) is 55.5 Å².